The molecule has 0 aliphatic rings. The van der Waals surface area contributed by atoms with E-state index in [0.29, 0.717) is 5.75 Å². The first-order valence-corrected chi connectivity index (χ1v) is 4.16. The number of ether oxygens (including phenoxy) is 1. The second-order valence-electron chi connectivity index (χ2n) is 2.91. The number of amides is 1. The van der Waals surface area contributed by atoms with Gasteiger partial charge in [0.25, 0.3) is 0 Å². The highest BCUT2D eigenvalue weighted by atomic mass is 19.4. The first-order chi connectivity index (χ1) is 7.34. The van der Waals surface area contributed by atoms with Crippen LogP contribution in [-0.2, 0) is 4.79 Å². The lowest BCUT2D eigenvalue weighted by molar-refractivity contribution is -0.167. The number of alkyl halides is 3. The van der Waals surface area contributed by atoms with Crippen LogP contribution >= 0.6 is 0 Å². The minimum atomic E-state index is -4.92. The molecule has 3 N–H and O–H groups in total. The Bertz CT molecular complexity index is 404. The predicted octanol–water partition coefficient (Wildman–Crippen LogP) is 1.78. The van der Waals surface area contributed by atoms with Gasteiger partial charge >= 0.3 is 12.1 Å². The Morgan fingerprint density at radius 2 is 2.06 bits per heavy atom. The number of benzene rings is 1. The summed E-state index contributed by atoms with van der Waals surface area (Å²) in [5.74, 6) is -1.72. The molecular formula is C9H9F3N2O2. The quantitative estimate of drug-likeness (QED) is 0.766. The predicted molar refractivity (Wildman–Crippen MR) is 52.1 cm³/mol. The third kappa shape index (κ3) is 2.78. The lowest BCUT2D eigenvalue weighted by Crippen LogP contribution is -2.29. The van der Waals surface area contributed by atoms with Gasteiger partial charge in [-0.15, -0.1) is 0 Å². The molecular weight excluding hydrogens is 225 g/mol. The number of hydrogen-bond acceptors (Lipinski definition) is 3. The Kier molecular flexibility index (Phi) is 3.26. The molecule has 0 fully saturated rings. The summed E-state index contributed by atoms with van der Waals surface area (Å²) in [5, 5.41) is 1.67. The summed E-state index contributed by atoms with van der Waals surface area (Å²) in [6, 6.07) is 3.81. The average Bonchev–Trinajstić information content (AvgIpc) is 2.16. The average molecular weight is 234 g/mol. The highest BCUT2D eigenvalue weighted by molar-refractivity contribution is 5.95. The number of rotatable bonds is 2. The topological polar surface area (TPSA) is 64.3 Å². The molecule has 4 nitrogen and oxygen atoms in total. The summed E-state index contributed by atoms with van der Waals surface area (Å²) in [6.07, 6.45) is -4.92. The van der Waals surface area contributed by atoms with Crippen molar-refractivity contribution in [3.05, 3.63) is 18.2 Å². The van der Waals surface area contributed by atoms with Crippen LogP contribution in [0.5, 0.6) is 5.75 Å². The van der Waals surface area contributed by atoms with Gasteiger partial charge in [0.05, 0.1) is 12.8 Å². The van der Waals surface area contributed by atoms with E-state index in [-0.39, 0.29) is 11.4 Å². The van der Waals surface area contributed by atoms with E-state index in [1.54, 1.807) is 5.32 Å². The van der Waals surface area contributed by atoms with Gasteiger partial charge in [-0.3, -0.25) is 4.79 Å². The second-order valence-corrected chi connectivity index (χ2v) is 2.91. The number of carbonyl (C=O) groups excluding carboxylic acids is 1. The molecule has 0 spiro atoms. The van der Waals surface area contributed by atoms with Crippen LogP contribution in [0.1, 0.15) is 0 Å². The van der Waals surface area contributed by atoms with Gasteiger partial charge in [-0.05, 0) is 18.2 Å². The monoisotopic (exact) mass is 234 g/mol. The standard InChI is InChI=1S/C9H9F3N2O2/c1-16-7-3-2-5(4-6(7)13)14-8(15)9(10,11)12/h2-4H,13H2,1H3,(H,14,15). The number of nitrogens with one attached hydrogen (secondary N) is 1. The van der Waals surface area contributed by atoms with E-state index in [9.17, 15) is 18.0 Å². The molecule has 1 rings (SSSR count). The normalized spacial score (nSPS) is 11.0. The van der Waals surface area contributed by atoms with E-state index < -0.39 is 12.1 Å². The molecule has 1 aromatic carbocycles. The van der Waals surface area contributed by atoms with Crippen molar-refractivity contribution >= 4 is 17.3 Å². The van der Waals surface area contributed by atoms with Gasteiger partial charge in [-0.1, -0.05) is 0 Å². The number of nitrogen functional groups attached to an aromatic ring is 1. The van der Waals surface area contributed by atoms with E-state index in [0.717, 1.165) is 0 Å². The maximum absolute atomic E-state index is 11.9. The molecule has 0 bridgehead atoms. The molecule has 0 radical (unpaired) electrons. The lowest BCUT2D eigenvalue weighted by Gasteiger charge is -2.10. The van der Waals surface area contributed by atoms with Gasteiger partial charge in [-0.25, -0.2) is 0 Å². The molecule has 1 amide bonds. The van der Waals surface area contributed by atoms with Gasteiger partial charge < -0.3 is 15.8 Å². The lowest BCUT2D eigenvalue weighted by atomic mass is 10.2. The van der Waals surface area contributed by atoms with Crippen LogP contribution in [0.4, 0.5) is 24.5 Å². The summed E-state index contributed by atoms with van der Waals surface area (Å²) in [6.45, 7) is 0. The summed E-state index contributed by atoms with van der Waals surface area (Å²) in [5.41, 5.74) is 5.56. The maximum Gasteiger partial charge on any atom is 0.471 e. The highest BCUT2D eigenvalue weighted by Gasteiger charge is 2.38. The van der Waals surface area contributed by atoms with Crippen LogP contribution in [0, 0.1) is 0 Å². The third-order valence-electron chi connectivity index (χ3n) is 1.75. The van der Waals surface area contributed by atoms with Gasteiger partial charge in [0.2, 0.25) is 0 Å². The zero-order valence-corrected chi connectivity index (χ0v) is 8.26. The van der Waals surface area contributed by atoms with Gasteiger partial charge in [0, 0.05) is 5.69 Å². The zero-order chi connectivity index (χ0) is 12.3. The van der Waals surface area contributed by atoms with E-state index in [1.165, 1.54) is 25.3 Å². The molecule has 0 atom stereocenters. The van der Waals surface area contributed by atoms with Crippen LogP contribution in [0.2, 0.25) is 0 Å². The van der Waals surface area contributed by atoms with Gasteiger partial charge in [-0.2, -0.15) is 13.2 Å². The summed E-state index contributed by atoms with van der Waals surface area (Å²) >= 11 is 0. The van der Waals surface area contributed by atoms with Crippen molar-refractivity contribution in [2.75, 3.05) is 18.2 Å². The fourth-order valence-electron chi connectivity index (χ4n) is 1.01. The van der Waals surface area contributed by atoms with Crippen molar-refractivity contribution in [1.29, 1.82) is 0 Å². The van der Waals surface area contributed by atoms with Crippen LogP contribution in [-0.4, -0.2) is 19.2 Å². The van der Waals surface area contributed by atoms with E-state index in [1.807, 2.05) is 0 Å². The Hall–Kier alpha value is -1.92. The fraction of sp³-hybridized carbons (Fsp3) is 0.222. The zero-order valence-electron chi connectivity index (χ0n) is 8.26. The number of carbonyl (C=O) groups is 1. The molecule has 0 aromatic heterocycles. The minimum Gasteiger partial charge on any atom is -0.495 e. The molecule has 0 saturated heterocycles. The smallest absolute Gasteiger partial charge is 0.471 e. The molecule has 0 aliphatic heterocycles. The van der Waals surface area contributed by atoms with Crippen molar-refractivity contribution in [2.45, 2.75) is 6.18 Å². The van der Waals surface area contributed by atoms with Gasteiger partial charge in [0.1, 0.15) is 5.75 Å². The van der Waals surface area contributed by atoms with E-state index in [2.05, 4.69) is 0 Å². The van der Waals surface area contributed by atoms with Gasteiger partial charge in [0.15, 0.2) is 0 Å². The molecule has 0 aliphatic carbocycles. The van der Waals surface area contributed by atoms with Crippen LogP contribution in [0.25, 0.3) is 0 Å². The van der Waals surface area contributed by atoms with Crippen molar-refractivity contribution in [2.24, 2.45) is 0 Å². The Labute approximate surface area is 89.2 Å². The highest BCUT2D eigenvalue weighted by Crippen LogP contribution is 2.25. The molecule has 0 unspecified atom stereocenters. The molecule has 16 heavy (non-hydrogen) atoms. The number of methoxy groups -OCH3 is 1. The van der Waals surface area contributed by atoms with Crippen molar-refractivity contribution in [3.8, 4) is 5.75 Å². The van der Waals surface area contributed by atoms with E-state index in [4.69, 9.17) is 10.5 Å². The Morgan fingerprint density at radius 3 is 2.50 bits per heavy atom. The summed E-state index contributed by atoms with van der Waals surface area (Å²) in [4.78, 5) is 10.6. The minimum absolute atomic E-state index is 0.0411. The largest absolute Gasteiger partial charge is 0.495 e. The van der Waals surface area contributed by atoms with Crippen molar-refractivity contribution in [1.82, 2.24) is 0 Å². The summed E-state index contributed by atoms with van der Waals surface area (Å²) in [7, 11) is 1.37. The van der Waals surface area contributed by atoms with Crippen molar-refractivity contribution < 1.29 is 22.7 Å². The Balaban J connectivity index is 2.84. The molecule has 7 heteroatoms. The van der Waals surface area contributed by atoms with Crippen LogP contribution in [0.3, 0.4) is 0 Å². The first kappa shape index (κ1) is 12.2. The fourth-order valence-corrected chi connectivity index (χ4v) is 1.01. The molecule has 0 heterocycles. The third-order valence-corrected chi connectivity index (χ3v) is 1.75. The van der Waals surface area contributed by atoms with Crippen molar-refractivity contribution in [3.63, 3.8) is 0 Å². The Morgan fingerprint density at radius 1 is 1.44 bits per heavy atom. The van der Waals surface area contributed by atoms with Crippen LogP contribution in [0.15, 0.2) is 18.2 Å². The number of hydrogen-bond donors (Lipinski definition) is 2. The number of anilines is 2. The number of halogens is 3. The van der Waals surface area contributed by atoms with Crippen LogP contribution < -0.4 is 15.8 Å². The summed E-state index contributed by atoms with van der Waals surface area (Å²) < 4.78 is 40.6. The molecule has 88 valence electrons. The maximum atomic E-state index is 11.9. The number of nitrogens with two attached hydrogens (primary N) is 1. The molecule has 1 aromatic rings. The second kappa shape index (κ2) is 4.30. The first-order valence-electron chi connectivity index (χ1n) is 4.16. The SMILES string of the molecule is COc1ccc(NC(=O)C(F)(F)F)cc1N. The van der Waals surface area contributed by atoms with E-state index >= 15 is 0 Å². The molecule has 0 saturated carbocycles.